The Hall–Kier alpha value is -2.60. The number of ether oxygens (including phenoxy) is 1. The first kappa shape index (κ1) is 13.4. The fourth-order valence-corrected chi connectivity index (χ4v) is 2.08. The van der Waals surface area contributed by atoms with Gasteiger partial charge in [0.2, 0.25) is 5.75 Å². The fourth-order valence-electron chi connectivity index (χ4n) is 1.88. The van der Waals surface area contributed by atoms with Gasteiger partial charge in [0.25, 0.3) is 0 Å². The highest BCUT2D eigenvalue weighted by molar-refractivity contribution is 6.32. The summed E-state index contributed by atoms with van der Waals surface area (Å²) in [6, 6.07) is 7.92. The van der Waals surface area contributed by atoms with Crippen molar-refractivity contribution in [1.82, 2.24) is 0 Å². The molecule has 0 aliphatic carbocycles. The molecule has 2 aromatic carbocycles. The molecule has 21 heavy (non-hydrogen) atoms. The van der Waals surface area contributed by atoms with Crippen LogP contribution in [0.1, 0.15) is 0 Å². The molecule has 106 valence electrons. The largest absolute Gasteiger partial charge is 0.464 e. The Morgan fingerprint density at radius 3 is 2.71 bits per heavy atom. The predicted octanol–water partition coefficient (Wildman–Crippen LogP) is 4.93. The average Bonchev–Trinajstić information content (AvgIpc) is 2.88. The van der Waals surface area contributed by atoms with Gasteiger partial charge in [0, 0.05) is 5.39 Å². The standard InChI is InChI=1S/C14H7ClFNO4/c15-10-6-9(16)1-2-12(10)21-14-5-8-3-4-20-13(8)7-11(14)17(18)19/h1-7H. The molecule has 1 heterocycles. The van der Waals surface area contributed by atoms with Gasteiger partial charge in [0.1, 0.15) is 17.1 Å². The molecular formula is C14H7ClFNO4. The summed E-state index contributed by atoms with van der Waals surface area (Å²) in [4.78, 5) is 10.5. The summed E-state index contributed by atoms with van der Waals surface area (Å²) in [7, 11) is 0. The zero-order chi connectivity index (χ0) is 15.0. The van der Waals surface area contributed by atoms with Crippen LogP contribution in [-0.4, -0.2) is 4.92 Å². The monoisotopic (exact) mass is 307 g/mol. The lowest BCUT2D eigenvalue weighted by molar-refractivity contribution is -0.385. The van der Waals surface area contributed by atoms with E-state index in [0.717, 1.165) is 12.1 Å². The van der Waals surface area contributed by atoms with E-state index in [4.69, 9.17) is 20.8 Å². The number of hydrogen-bond acceptors (Lipinski definition) is 4. The van der Waals surface area contributed by atoms with Gasteiger partial charge in [-0.1, -0.05) is 11.6 Å². The summed E-state index contributed by atoms with van der Waals surface area (Å²) < 4.78 is 23.6. The summed E-state index contributed by atoms with van der Waals surface area (Å²) in [5, 5.41) is 11.8. The van der Waals surface area contributed by atoms with Gasteiger partial charge in [-0.2, -0.15) is 0 Å². The lowest BCUT2D eigenvalue weighted by Gasteiger charge is -2.08. The van der Waals surface area contributed by atoms with Gasteiger partial charge < -0.3 is 9.15 Å². The molecule has 0 atom stereocenters. The van der Waals surface area contributed by atoms with Crippen LogP contribution in [0, 0.1) is 15.9 Å². The van der Waals surface area contributed by atoms with Gasteiger partial charge in [0.15, 0.2) is 0 Å². The zero-order valence-corrected chi connectivity index (χ0v) is 11.1. The van der Waals surface area contributed by atoms with Crippen LogP contribution in [-0.2, 0) is 0 Å². The minimum atomic E-state index is -0.589. The number of hydrogen-bond donors (Lipinski definition) is 0. The van der Waals surface area contributed by atoms with Crippen LogP contribution in [0.2, 0.25) is 5.02 Å². The number of nitro benzene ring substituents is 1. The zero-order valence-electron chi connectivity index (χ0n) is 10.4. The Balaban J connectivity index is 2.09. The highest BCUT2D eigenvalue weighted by Crippen LogP contribution is 2.38. The molecule has 0 amide bonds. The number of fused-ring (bicyclic) bond motifs is 1. The predicted molar refractivity (Wildman–Crippen MR) is 74.4 cm³/mol. The van der Waals surface area contributed by atoms with Crippen LogP contribution in [0.4, 0.5) is 10.1 Å². The molecule has 0 unspecified atom stereocenters. The van der Waals surface area contributed by atoms with Crippen molar-refractivity contribution in [1.29, 1.82) is 0 Å². The van der Waals surface area contributed by atoms with Gasteiger partial charge in [0.05, 0.1) is 22.3 Å². The van der Waals surface area contributed by atoms with E-state index < -0.39 is 10.7 Å². The lowest BCUT2D eigenvalue weighted by Crippen LogP contribution is -1.94. The average molecular weight is 308 g/mol. The normalized spacial score (nSPS) is 10.8. The van der Waals surface area contributed by atoms with Crippen molar-refractivity contribution >= 4 is 28.3 Å². The first-order valence-electron chi connectivity index (χ1n) is 5.83. The van der Waals surface area contributed by atoms with Gasteiger partial charge in [-0.05, 0) is 30.3 Å². The lowest BCUT2D eigenvalue weighted by atomic mass is 10.2. The van der Waals surface area contributed by atoms with Crippen molar-refractivity contribution in [2.75, 3.05) is 0 Å². The number of benzene rings is 2. The summed E-state index contributed by atoms with van der Waals surface area (Å²) in [5.41, 5.74) is 0.108. The molecule has 0 saturated heterocycles. The third-order valence-corrected chi connectivity index (χ3v) is 3.14. The maximum atomic E-state index is 13.0. The molecule has 0 aliphatic rings. The van der Waals surface area contributed by atoms with E-state index in [2.05, 4.69) is 0 Å². The fraction of sp³-hybridized carbons (Fsp3) is 0. The summed E-state index contributed by atoms with van der Waals surface area (Å²) in [5.74, 6) is -0.390. The third-order valence-electron chi connectivity index (χ3n) is 2.84. The molecule has 0 fully saturated rings. The SMILES string of the molecule is O=[N+]([O-])c1cc2occc2cc1Oc1ccc(F)cc1Cl. The summed E-state index contributed by atoms with van der Waals surface area (Å²) in [6.45, 7) is 0. The molecule has 1 aromatic heterocycles. The second kappa shape index (κ2) is 5.06. The van der Waals surface area contributed by atoms with Crippen LogP contribution < -0.4 is 4.74 Å². The summed E-state index contributed by atoms with van der Waals surface area (Å²) in [6.07, 6.45) is 1.42. The molecule has 5 nitrogen and oxygen atoms in total. The van der Waals surface area contributed by atoms with E-state index in [9.17, 15) is 14.5 Å². The van der Waals surface area contributed by atoms with Crippen molar-refractivity contribution in [2.24, 2.45) is 0 Å². The highest BCUT2D eigenvalue weighted by Gasteiger charge is 2.19. The van der Waals surface area contributed by atoms with Gasteiger partial charge >= 0.3 is 5.69 Å². The van der Waals surface area contributed by atoms with E-state index in [0.29, 0.717) is 11.0 Å². The number of furan rings is 1. The second-order valence-electron chi connectivity index (χ2n) is 4.21. The molecule has 0 N–H and O–H groups in total. The molecule has 3 rings (SSSR count). The van der Waals surface area contributed by atoms with Crippen molar-refractivity contribution in [3.8, 4) is 11.5 Å². The molecule has 0 radical (unpaired) electrons. The van der Waals surface area contributed by atoms with E-state index in [1.165, 1.54) is 24.5 Å². The molecule has 0 aliphatic heterocycles. The van der Waals surface area contributed by atoms with Crippen molar-refractivity contribution in [3.05, 3.63) is 63.6 Å². The van der Waals surface area contributed by atoms with Crippen LogP contribution in [0.15, 0.2) is 47.1 Å². The maximum Gasteiger partial charge on any atom is 0.315 e. The van der Waals surface area contributed by atoms with Crippen molar-refractivity contribution < 1.29 is 18.5 Å². The summed E-state index contributed by atoms with van der Waals surface area (Å²) >= 11 is 5.86. The molecule has 0 spiro atoms. The Kier molecular flexibility index (Phi) is 3.23. The van der Waals surface area contributed by atoms with Crippen LogP contribution in [0.3, 0.4) is 0 Å². The Labute approximate surface area is 122 Å². The van der Waals surface area contributed by atoms with Gasteiger partial charge in [-0.25, -0.2) is 4.39 Å². The van der Waals surface area contributed by atoms with Crippen LogP contribution >= 0.6 is 11.6 Å². The first-order valence-corrected chi connectivity index (χ1v) is 6.21. The van der Waals surface area contributed by atoms with E-state index in [1.807, 2.05) is 0 Å². The Morgan fingerprint density at radius 1 is 1.19 bits per heavy atom. The topological polar surface area (TPSA) is 65.5 Å². The van der Waals surface area contributed by atoms with Crippen molar-refractivity contribution in [2.45, 2.75) is 0 Å². The molecule has 0 bridgehead atoms. The quantitative estimate of drug-likeness (QED) is 0.508. The first-order chi connectivity index (χ1) is 10.0. The number of rotatable bonds is 3. The minimum absolute atomic E-state index is 0.00223. The van der Waals surface area contributed by atoms with Crippen LogP contribution in [0.5, 0.6) is 11.5 Å². The van der Waals surface area contributed by atoms with Crippen molar-refractivity contribution in [3.63, 3.8) is 0 Å². The van der Waals surface area contributed by atoms with E-state index in [-0.39, 0.29) is 22.2 Å². The number of nitrogens with zero attached hydrogens (tertiary/aromatic N) is 1. The second-order valence-corrected chi connectivity index (χ2v) is 4.62. The highest BCUT2D eigenvalue weighted by atomic mass is 35.5. The maximum absolute atomic E-state index is 13.0. The van der Waals surface area contributed by atoms with Crippen LogP contribution in [0.25, 0.3) is 11.0 Å². The van der Waals surface area contributed by atoms with Gasteiger partial charge in [-0.3, -0.25) is 10.1 Å². The molecule has 7 heteroatoms. The number of halogens is 2. The van der Waals surface area contributed by atoms with E-state index >= 15 is 0 Å². The third kappa shape index (κ3) is 2.53. The van der Waals surface area contributed by atoms with Gasteiger partial charge in [-0.15, -0.1) is 0 Å². The molecule has 3 aromatic rings. The number of nitro groups is 1. The molecular weight excluding hydrogens is 301 g/mol. The molecule has 0 saturated carbocycles. The Bertz CT molecular complexity index is 846. The Morgan fingerprint density at radius 2 is 2.00 bits per heavy atom. The minimum Gasteiger partial charge on any atom is -0.464 e. The van der Waals surface area contributed by atoms with E-state index in [1.54, 1.807) is 6.07 Å². The smallest absolute Gasteiger partial charge is 0.315 e.